The lowest BCUT2D eigenvalue weighted by Crippen LogP contribution is -2.33. The predicted octanol–water partition coefficient (Wildman–Crippen LogP) is 3.39. The van der Waals surface area contributed by atoms with E-state index in [-0.39, 0.29) is 19.1 Å². The first-order valence-electron chi connectivity index (χ1n) is 8.07. The van der Waals surface area contributed by atoms with Gasteiger partial charge in [-0.15, -0.1) is 0 Å². The smallest absolute Gasteiger partial charge is 0.367 e. The molecule has 1 atom stereocenters. The number of ether oxygens (including phenoxy) is 1. The van der Waals surface area contributed by atoms with Crippen LogP contribution in [0.3, 0.4) is 0 Å². The lowest BCUT2D eigenvalue weighted by Gasteiger charge is -2.13. The molecule has 0 heterocycles. The Kier molecular flexibility index (Phi) is 6.76. The number of nitrogens with one attached hydrogen (secondary N) is 1. The van der Waals surface area contributed by atoms with Crippen molar-refractivity contribution >= 4 is 5.91 Å². The quantitative estimate of drug-likeness (QED) is 0.790. The molecule has 0 aliphatic heterocycles. The maximum atomic E-state index is 12.1. The molecule has 1 unspecified atom stereocenters. The highest BCUT2D eigenvalue weighted by atomic mass is 19.4. The van der Waals surface area contributed by atoms with Crippen molar-refractivity contribution in [3.05, 3.63) is 70.8 Å². The molecule has 26 heavy (non-hydrogen) atoms. The van der Waals surface area contributed by atoms with Gasteiger partial charge in [-0.3, -0.25) is 4.79 Å². The minimum Gasteiger partial charge on any atom is -0.367 e. The fourth-order valence-electron chi connectivity index (χ4n) is 2.26. The molecule has 0 aromatic heterocycles. The summed E-state index contributed by atoms with van der Waals surface area (Å²) >= 11 is 0. The molecule has 0 fully saturated rings. The van der Waals surface area contributed by atoms with Crippen LogP contribution >= 0.6 is 0 Å². The van der Waals surface area contributed by atoms with E-state index in [4.69, 9.17) is 5.73 Å². The van der Waals surface area contributed by atoms with Crippen molar-refractivity contribution in [1.82, 2.24) is 5.32 Å². The topological polar surface area (TPSA) is 64.4 Å². The first kappa shape index (κ1) is 19.9. The van der Waals surface area contributed by atoms with Crippen molar-refractivity contribution in [2.75, 3.05) is 6.61 Å². The summed E-state index contributed by atoms with van der Waals surface area (Å²) in [5.41, 5.74) is 9.20. The zero-order chi connectivity index (χ0) is 19.2. The zero-order valence-electron chi connectivity index (χ0n) is 14.3. The second kappa shape index (κ2) is 8.82. The lowest BCUT2D eigenvalue weighted by molar-refractivity contribution is -0.176. The van der Waals surface area contributed by atoms with Crippen molar-refractivity contribution in [2.24, 2.45) is 5.73 Å². The van der Waals surface area contributed by atoms with E-state index >= 15 is 0 Å². The number of rotatable bonds is 7. The van der Waals surface area contributed by atoms with E-state index in [2.05, 4.69) is 10.1 Å². The molecule has 0 spiro atoms. The third-order valence-corrected chi connectivity index (χ3v) is 3.74. The van der Waals surface area contributed by atoms with Gasteiger partial charge >= 0.3 is 6.18 Å². The average molecular weight is 366 g/mol. The van der Waals surface area contributed by atoms with Gasteiger partial charge in [0.15, 0.2) is 0 Å². The standard InChI is InChI=1S/C19H21F3N2O2/c1-13-2-8-16(9-3-13)17(23)18(25)24-10-14-4-6-15(7-5-14)11-26-12-19(20,21)22/h2-9,17H,10-12,23H2,1H3,(H,24,25). The maximum Gasteiger partial charge on any atom is 0.411 e. The van der Waals surface area contributed by atoms with Crippen molar-refractivity contribution < 1.29 is 22.7 Å². The molecule has 0 aliphatic rings. The molecule has 7 heteroatoms. The average Bonchev–Trinajstić information content (AvgIpc) is 2.60. The summed E-state index contributed by atoms with van der Waals surface area (Å²) in [7, 11) is 0. The summed E-state index contributed by atoms with van der Waals surface area (Å²) in [6.07, 6.45) is -4.33. The van der Waals surface area contributed by atoms with Crippen molar-refractivity contribution in [3.63, 3.8) is 0 Å². The minimum absolute atomic E-state index is 0.121. The number of nitrogens with two attached hydrogens (primary N) is 1. The van der Waals surface area contributed by atoms with Gasteiger partial charge in [-0.25, -0.2) is 0 Å². The van der Waals surface area contributed by atoms with Gasteiger partial charge in [-0.05, 0) is 23.6 Å². The number of aryl methyl sites for hydroxylation is 1. The van der Waals surface area contributed by atoms with Gasteiger partial charge in [-0.1, -0.05) is 54.1 Å². The van der Waals surface area contributed by atoms with Gasteiger partial charge in [0, 0.05) is 6.54 Å². The number of carbonyl (C=O) groups excluding carboxylic acids is 1. The van der Waals surface area contributed by atoms with Crippen LogP contribution in [0.25, 0.3) is 0 Å². The van der Waals surface area contributed by atoms with Gasteiger partial charge in [0.05, 0.1) is 6.61 Å². The Labute approximate surface area is 150 Å². The summed E-state index contributed by atoms with van der Waals surface area (Å²) in [5.74, 6) is -0.300. The fraction of sp³-hybridized carbons (Fsp3) is 0.316. The Hall–Kier alpha value is -2.38. The monoisotopic (exact) mass is 366 g/mol. The summed E-state index contributed by atoms with van der Waals surface area (Å²) in [5, 5.41) is 2.75. The third-order valence-electron chi connectivity index (χ3n) is 3.74. The van der Waals surface area contributed by atoms with Gasteiger partial charge < -0.3 is 15.8 Å². The van der Waals surface area contributed by atoms with Crippen LogP contribution in [-0.2, 0) is 22.7 Å². The number of carbonyl (C=O) groups is 1. The Morgan fingerprint density at radius 1 is 1.08 bits per heavy atom. The normalized spacial score (nSPS) is 12.7. The molecular weight excluding hydrogens is 345 g/mol. The molecule has 1 amide bonds. The predicted molar refractivity (Wildman–Crippen MR) is 92.1 cm³/mol. The summed E-state index contributed by atoms with van der Waals surface area (Å²) in [4.78, 5) is 12.1. The molecule has 0 saturated carbocycles. The van der Waals surface area contributed by atoms with E-state index in [1.54, 1.807) is 24.3 Å². The highest BCUT2D eigenvalue weighted by Gasteiger charge is 2.27. The van der Waals surface area contributed by atoms with Crippen LogP contribution < -0.4 is 11.1 Å². The van der Waals surface area contributed by atoms with Crippen LogP contribution in [0.2, 0.25) is 0 Å². The van der Waals surface area contributed by atoms with Gasteiger partial charge in [0.2, 0.25) is 5.91 Å². The van der Waals surface area contributed by atoms with E-state index in [0.717, 1.165) is 16.7 Å². The fourth-order valence-corrected chi connectivity index (χ4v) is 2.26. The number of amides is 1. The first-order valence-corrected chi connectivity index (χ1v) is 8.07. The number of halogens is 3. The Bertz CT molecular complexity index is 713. The number of hydrogen-bond donors (Lipinski definition) is 2. The number of hydrogen-bond acceptors (Lipinski definition) is 3. The lowest BCUT2D eigenvalue weighted by atomic mass is 10.1. The molecule has 4 nitrogen and oxygen atoms in total. The van der Waals surface area contributed by atoms with E-state index in [1.165, 1.54) is 0 Å². The molecule has 0 saturated heterocycles. The molecule has 0 bridgehead atoms. The summed E-state index contributed by atoms with van der Waals surface area (Å²) in [6, 6.07) is 13.4. The van der Waals surface area contributed by atoms with Crippen molar-refractivity contribution in [1.29, 1.82) is 0 Å². The van der Waals surface area contributed by atoms with Crippen LogP contribution in [0.5, 0.6) is 0 Å². The molecular formula is C19H21F3N2O2. The molecule has 0 aliphatic carbocycles. The second-order valence-corrected chi connectivity index (χ2v) is 6.03. The van der Waals surface area contributed by atoms with Crippen LogP contribution in [0.15, 0.2) is 48.5 Å². The summed E-state index contributed by atoms with van der Waals surface area (Å²) < 4.78 is 40.7. The molecule has 2 aromatic carbocycles. The molecule has 140 valence electrons. The van der Waals surface area contributed by atoms with Crippen LogP contribution in [0, 0.1) is 6.92 Å². The Morgan fingerprint density at radius 3 is 2.23 bits per heavy atom. The van der Waals surface area contributed by atoms with Gasteiger partial charge in [0.1, 0.15) is 12.6 Å². The zero-order valence-corrected chi connectivity index (χ0v) is 14.3. The highest BCUT2D eigenvalue weighted by Crippen LogP contribution is 2.16. The summed E-state index contributed by atoms with van der Waals surface area (Å²) in [6.45, 7) is 0.835. The Balaban J connectivity index is 1.81. The molecule has 2 aromatic rings. The van der Waals surface area contributed by atoms with E-state index in [1.807, 2.05) is 31.2 Å². The second-order valence-electron chi connectivity index (χ2n) is 6.03. The van der Waals surface area contributed by atoms with E-state index in [9.17, 15) is 18.0 Å². The first-order chi connectivity index (χ1) is 12.2. The number of alkyl halides is 3. The third kappa shape index (κ3) is 6.50. The van der Waals surface area contributed by atoms with Gasteiger partial charge in [-0.2, -0.15) is 13.2 Å². The van der Waals surface area contributed by atoms with Crippen LogP contribution in [0.1, 0.15) is 28.3 Å². The maximum absolute atomic E-state index is 12.1. The van der Waals surface area contributed by atoms with E-state index in [0.29, 0.717) is 5.56 Å². The van der Waals surface area contributed by atoms with Crippen molar-refractivity contribution in [3.8, 4) is 0 Å². The van der Waals surface area contributed by atoms with Crippen LogP contribution in [0.4, 0.5) is 13.2 Å². The van der Waals surface area contributed by atoms with Gasteiger partial charge in [0.25, 0.3) is 0 Å². The molecule has 0 radical (unpaired) electrons. The SMILES string of the molecule is Cc1ccc(C(N)C(=O)NCc2ccc(COCC(F)(F)F)cc2)cc1. The van der Waals surface area contributed by atoms with E-state index < -0.39 is 18.8 Å². The molecule has 3 N–H and O–H groups in total. The number of benzene rings is 2. The highest BCUT2D eigenvalue weighted by molar-refractivity contribution is 5.82. The molecule has 2 rings (SSSR count). The van der Waals surface area contributed by atoms with Crippen LogP contribution in [-0.4, -0.2) is 18.7 Å². The minimum atomic E-state index is -4.33. The largest absolute Gasteiger partial charge is 0.411 e. The Morgan fingerprint density at radius 2 is 1.65 bits per heavy atom. The van der Waals surface area contributed by atoms with Crippen molar-refractivity contribution in [2.45, 2.75) is 32.3 Å².